The van der Waals surface area contributed by atoms with Crippen molar-refractivity contribution in [3.63, 3.8) is 0 Å². The van der Waals surface area contributed by atoms with Gasteiger partial charge in [-0.15, -0.1) is 0 Å². The van der Waals surface area contributed by atoms with E-state index in [1.54, 1.807) is 4.90 Å². The van der Waals surface area contributed by atoms with Gasteiger partial charge < -0.3 is 9.80 Å². The molecule has 0 aromatic heterocycles. The van der Waals surface area contributed by atoms with Crippen LogP contribution in [0.1, 0.15) is 36.2 Å². The second-order valence-electron chi connectivity index (χ2n) is 8.55. The van der Waals surface area contributed by atoms with Crippen LogP contribution in [0.4, 0.5) is 13.2 Å². The fourth-order valence-electron chi connectivity index (χ4n) is 5.21. The number of hydrogen-bond acceptors (Lipinski definition) is 2. The molecule has 0 N–H and O–H groups in total. The number of amides is 1. The molecule has 1 aliphatic heterocycles. The second-order valence-corrected chi connectivity index (χ2v) is 8.55. The molecule has 6 heteroatoms. The molecular weight excluding hydrogens is 329 g/mol. The van der Waals surface area contributed by atoms with E-state index in [9.17, 15) is 18.0 Å². The average Bonchev–Trinajstić information content (AvgIpc) is 2.79. The Hall–Kier alpha value is -1.56. The Morgan fingerprint density at radius 2 is 1.92 bits per heavy atom. The highest BCUT2D eigenvalue weighted by atomic mass is 19.4. The van der Waals surface area contributed by atoms with Crippen LogP contribution in [0.5, 0.6) is 0 Å². The summed E-state index contributed by atoms with van der Waals surface area (Å²) in [6.07, 6.45) is -3.53. The molecule has 138 valence electrons. The van der Waals surface area contributed by atoms with Crippen LogP contribution in [0.15, 0.2) is 24.3 Å². The zero-order valence-electron chi connectivity index (χ0n) is 15.2. The molecule has 0 unspecified atom stereocenters. The van der Waals surface area contributed by atoms with Gasteiger partial charge in [-0.3, -0.25) is 4.79 Å². The number of carbonyl (C=O) groups excluding carboxylic acids is 1. The quantitative estimate of drug-likeness (QED) is 0.825. The van der Waals surface area contributed by atoms with E-state index in [0.717, 1.165) is 19.0 Å². The van der Waals surface area contributed by atoms with Crippen LogP contribution in [-0.4, -0.2) is 49.4 Å². The number of carbonyl (C=O) groups is 1. The fourth-order valence-corrected chi connectivity index (χ4v) is 5.21. The van der Waals surface area contributed by atoms with E-state index in [0.29, 0.717) is 19.0 Å². The van der Waals surface area contributed by atoms with E-state index in [-0.39, 0.29) is 16.4 Å². The average molecular weight is 354 g/mol. The Bertz CT molecular complexity index is 679. The minimum Gasteiger partial charge on any atom is -0.338 e. The van der Waals surface area contributed by atoms with Gasteiger partial charge >= 0.3 is 6.18 Å². The molecule has 1 aliphatic carbocycles. The summed E-state index contributed by atoms with van der Waals surface area (Å²) in [7, 11) is 4.00. The molecule has 3 rings (SSSR count). The van der Waals surface area contributed by atoms with Crippen molar-refractivity contribution in [3.8, 4) is 0 Å². The first-order valence-electron chi connectivity index (χ1n) is 8.56. The predicted octanol–water partition coefficient (Wildman–Crippen LogP) is 3.76. The van der Waals surface area contributed by atoms with Crippen molar-refractivity contribution in [1.82, 2.24) is 9.80 Å². The summed E-state index contributed by atoms with van der Waals surface area (Å²) in [6, 6.07) is 5.09. The number of nitrogens with zero attached hydrogens (tertiary/aromatic N) is 2. The van der Waals surface area contributed by atoms with Gasteiger partial charge in [-0.25, -0.2) is 0 Å². The lowest BCUT2D eigenvalue weighted by molar-refractivity contribution is -0.138. The summed E-state index contributed by atoms with van der Waals surface area (Å²) in [5.41, 5.74) is -0.973. The van der Waals surface area contributed by atoms with Crippen LogP contribution in [0, 0.1) is 16.7 Å². The SMILES string of the molecule is CN(C)C[C@@]12CN(C(=O)c3ccccc3C(F)(F)F)C[C@@H]1C(C)(C)C2. The highest BCUT2D eigenvalue weighted by molar-refractivity contribution is 5.96. The molecule has 1 saturated carbocycles. The van der Waals surface area contributed by atoms with Crippen LogP contribution in [0.3, 0.4) is 0 Å². The van der Waals surface area contributed by atoms with Crippen molar-refractivity contribution in [2.24, 2.45) is 16.7 Å². The molecule has 3 nitrogen and oxygen atoms in total. The molecule has 0 radical (unpaired) electrons. The lowest BCUT2D eigenvalue weighted by atomic mass is 9.48. The first-order valence-corrected chi connectivity index (χ1v) is 8.56. The Balaban J connectivity index is 1.88. The van der Waals surface area contributed by atoms with E-state index in [2.05, 4.69) is 18.7 Å². The zero-order chi connectivity index (χ0) is 18.6. The summed E-state index contributed by atoms with van der Waals surface area (Å²) in [5.74, 6) is -0.180. The van der Waals surface area contributed by atoms with Gasteiger partial charge in [0.1, 0.15) is 0 Å². The number of halogens is 3. The number of likely N-dealkylation sites (tertiary alicyclic amines) is 1. The molecule has 0 spiro atoms. The van der Waals surface area contributed by atoms with Gasteiger partial charge in [0.25, 0.3) is 5.91 Å². The van der Waals surface area contributed by atoms with E-state index in [1.807, 2.05) is 14.1 Å². The van der Waals surface area contributed by atoms with Crippen LogP contribution < -0.4 is 0 Å². The maximum atomic E-state index is 13.3. The van der Waals surface area contributed by atoms with E-state index in [1.165, 1.54) is 18.2 Å². The highest BCUT2D eigenvalue weighted by Crippen LogP contribution is 2.63. The fraction of sp³-hybridized carbons (Fsp3) is 0.632. The Morgan fingerprint density at radius 3 is 2.48 bits per heavy atom. The number of fused-ring (bicyclic) bond motifs is 1. The number of rotatable bonds is 3. The smallest absolute Gasteiger partial charge is 0.338 e. The zero-order valence-corrected chi connectivity index (χ0v) is 15.2. The molecule has 2 aliphatic rings. The van der Waals surface area contributed by atoms with Crippen molar-refractivity contribution in [3.05, 3.63) is 35.4 Å². The Labute approximate surface area is 146 Å². The van der Waals surface area contributed by atoms with E-state index in [4.69, 9.17) is 0 Å². The second kappa shape index (κ2) is 5.73. The molecule has 1 saturated heterocycles. The number of hydrogen-bond donors (Lipinski definition) is 0. The molecule has 25 heavy (non-hydrogen) atoms. The van der Waals surface area contributed by atoms with Crippen LogP contribution in [-0.2, 0) is 6.18 Å². The van der Waals surface area contributed by atoms with Gasteiger partial charge in [0.2, 0.25) is 0 Å². The maximum Gasteiger partial charge on any atom is 0.417 e. The van der Waals surface area contributed by atoms with Crippen molar-refractivity contribution in [1.29, 1.82) is 0 Å². The van der Waals surface area contributed by atoms with Gasteiger partial charge in [0.05, 0.1) is 11.1 Å². The van der Waals surface area contributed by atoms with Crippen LogP contribution in [0.25, 0.3) is 0 Å². The largest absolute Gasteiger partial charge is 0.417 e. The topological polar surface area (TPSA) is 23.6 Å². The van der Waals surface area contributed by atoms with Gasteiger partial charge in [0, 0.05) is 25.0 Å². The standard InChI is InChI=1S/C19H25F3N2O/c1-17(2)10-18(11-23(3)4)12-24(9-15(17)18)16(25)13-7-5-6-8-14(13)19(20,21)22/h5-8,15H,9-12H2,1-4H3/t15-,18+/m1/s1. The van der Waals surface area contributed by atoms with Crippen molar-refractivity contribution < 1.29 is 18.0 Å². The molecule has 1 heterocycles. The number of alkyl halides is 3. The van der Waals surface area contributed by atoms with Crippen LogP contribution >= 0.6 is 0 Å². The molecular formula is C19H25F3N2O. The Morgan fingerprint density at radius 1 is 1.28 bits per heavy atom. The van der Waals surface area contributed by atoms with Crippen molar-refractivity contribution in [2.45, 2.75) is 26.4 Å². The first kappa shape index (κ1) is 18.2. The molecule has 1 amide bonds. The van der Waals surface area contributed by atoms with E-state index >= 15 is 0 Å². The summed E-state index contributed by atoms with van der Waals surface area (Å²) in [5, 5.41) is 0. The van der Waals surface area contributed by atoms with Crippen molar-refractivity contribution in [2.75, 3.05) is 33.7 Å². The molecule has 0 bridgehead atoms. The van der Waals surface area contributed by atoms with Crippen LogP contribution in [0.2, 0.25) is 0 Å². The molecule has 2 fully saturated rings. The van der Waals surface area contributed by atoms with Gasteiger partial charge in [-0.1, -0.05) is 26.0 Å². The normalized spacial score (nSPS) is 28.0. The van der Waals surface area contributed by atoms with E-state index < -0.39 is 17.6 Å². The van der Waals surface area contributed by atoms with Gasteiger partial charge in [-0.2, -0.15) is 13.2 Å². The lowest BCUT2D eigenvalue weighted by Gasteiger charge is -2.57. The minimum absolute atomic E-state index is 0.00413. The Kier molecular flexibility index (Phi) is 4.18. The molecule has 1 aromatic carbocycles. The first-order chi connectivity index (χ1) is 11.5. The minimum atomic E-state index is -4.52. The lowest BCUT2D eigenvalue weighted by Crippen LogP contribution is -2.57. The maximum absolute atomic E-state index is 13.3. The predicted molar refractivity (Wildman–Crippen MR) is 90.2 cm³/mol. The highest BCUT2D eigenvalue weighted by Gasteiger charge is 2.63. The monoisotopic (exact) mass is 354 g/mol. The van der Waals surface area contributed by atoms with Gasteiger partial charge in [0.15, 0.2) is 0 Å². The third kappa shape index (κ3) is 3.05. The summed E-state index contributed by atoms with van der Waals surface area (Å²) >= 11 is 0. The third-order valence-corrected chi connectivity index (χ3v) is 5.78. The molecule has 2 atom stereocenters. The van der Waals surface area contributed by atoms with Gasteiger partial charge in [-0.05, 0) is 44.0 Å². The van der Waals surface area contributed by atoms with Crippen molar-refractivity contribution >= 4 is 5.91 Å². The number of benzene rings is 1. The third-order valence-electron chi connectivity index (χ3n) is 5.78. The summed E-state index contributed by atoms with van der Waals surface area (Å²) in [4.78, 5) is 16.6. The summed E-state index contributed by atoms with van der Waals surface area (Å²) < 4.78 is 39.8. The molecule has 1 aromatic rings. The summed E-state index contributed by atoms with van der Waals surface area (Å²) in [6.45, 7) is 6.29.